The van der Waals surface area contributed by atoms with Crippen molar-refractivity contribution >= 4 is 79.1 Å². The Morgan fingerprint density at radius 3 is 2.50 bits per heavy atom. The second kappa shape index (κ2) is 11.5. The first-order valence-corrected chi connectivity index (χ1v) is 13.6. The van der Waals surface area contributed by atoms with E-state index in [0.717, 1.165) is 24.5 Å². The summed E-state index contributed by atoms with van der Waals surface area (Å²) in [6, 6.07) is 27.1. The molecule has 0 unspecified atom stereocenters. The molecule has 0 radical (unpaired) electrons. The van der Waals surface area contributed by atoms with Gasteiger partial charge in [0.15, 0.2) is 0 Å². The van der Waals surface area contributed by atoms with Crippen molar-refractivity contribution in [1.82, 2.24) is 10.4 Å². The van der Waals surface area contributed by atoms with Gasteiger partial charge in [-0.15, -0.1) is 0 Å². The smallest absolute Gasteiger partial charge is 0.343 e. The van der Waals surface area contributed by atoms with Gasteiger partial charge in [-0.25, -0.2) is 10.2 Å². The summed E-state index contributed by atoms with van der Waals surface area (Å²) in [5.41, 5.74) is 6.09. The number of ether oxygens (including phenoxy) is 1. The van der Waals surface area contributed by atoms with Gasteiger partial charge in [-0.05, 0) is 83.3 Å². The van der Waals surface area contributed by atoms with E-state index in [2.05, 4.69) is 54.0 Å². The van der Waals surface area contributed by atoms with Crippen LogP contribution in [0.2, 0.25) is 5.02 Å². The minimum Gasteiger partial charge on any atom is -0.422 e. The van der Waals surface area contributed by atoms with Crippen LogP contribution in [0, 0.1) is 3.57 Å². The molecule has 0 atom stereocenters. The minimum atomic E-state index is -0.500. The number of hydrogen-bond acceptors (Lipinski definition) is 4. The van der Waals surface area contributed by atoms with E-state index in [-0.39, 0.29) is 0 Å². The highest BCUT2D eigenvalue weighted by molar-refractivity contribution is 14.1. The molecule has 1 amide bonds. The number of hydrazone groups is 1. The van der Waals surface area contributed by atoms with Gasteiger partial charge in [-0.1, -0.05) is 57.9 Å². The van der Waals surface area contributed by atoms with Crippen molar-refractivity contribution in [2.24, 2.45) is 5.10 Å². The van der Waals surface area contributed by atoms with Gasteiger partial charge in [-0.3, -0.25) is 4.79 Å². The molecule has 9 heteroatoms. The lowest BCUT2D eigenvalue weighted by atomic mass is 10.0. The number of halogens is 3. The topological polar surface area (TPSA) is 83.5 Å². The molecule has 6 nitrogen and oxygen atoms in total. The zero-order chi connectivity index (χ0) is 26.6. The van der Waals surface area contributed by atoms with Gasteiger partial charge in [0.25, 0.3) is 5.91 Å². The van der Waals surface area contributed by atoms with Gasteiger partial charge in [0, 0.05) is 40.7 Å². The number of nitrogens with zero attached hydrogens (tertiary/aromatic N) is 1. The largest absolute Gasteiger partial charge is 0.422 e. The zero-order valence-electron chi connectivity index (χ0n) is 19.5. The highest BCUT2D eigenvalue weighted by Gasteiger charge is 2.21. The summed E-state index contributed by atoms with van der Waals surface area (Å²) in [5, 5.41) is 5.55. The SMILES string of the molecule is O=C(Oc1ccccc1C=NNC(=O)c1[nH]c2ccc(I)cc2c1-c1ccccc1Cl)c1ccc(Br)cc1. The van der Waals surface area contributed by atoms with Crippen LogP contribution in [0.15, 0.2) is 101 Å². The molecule has 0 aliphatic carbocycles. The van der Waals surface area contributed by atoms with E-state index in [1.54, 1.807) is 54.6 Å². The van der Waals surface area contributed by atoms with E-state index in [4.69, 9.17) is 16.3 Å². The number of H-pyrrole nitrogens is 1. The normalized spacial score (nSPS) is 11.1. The van der Waals surface area contributed by atoms with Crippen LogP contribution in [0.1, 0.15) is 26.4 Å². The van der Waals surface area contributed by atoms with E-state index in [9.17, 15) is 9.59 Å². The number of carbonyl (C=O) groups is 2. The molecule has 0 saturated carbocycles. The number of benzene rings is 4. The summed E-state index contributed by atoms with van der Waals surface area (Å²) in [6.07, 6.45) is 1.43. The number of aromatic amines is 1. The van der Waals surface area contributed by atoms with Crippen molar-refractivity contribution < 1.29 is 14.3 Å². The second-order valence-electron chi connectivity index (χ2n) is 8.18. The molecule has 1 aromatic heterocycles. The Labute approximate surface area is 245 Å². The number of fused-ring (bicyclic) bond motifs is 1. The molecule has 1 heterocycles. The van der Waals surface area contributed by atoms with Crippen LogP contribution in [-0.2, 0) is 0 Å². The molecule has 0 fully saturated rings. The summed E-state index contributed by atoms with van der Waals surface area (Å²) in [5.74, 6) is -0.624. The lowest BCUT2D eigenvalue weighted by Gasteiger charge is -2.08. The predicted molar refractivity (Wildman–Crippen MR) is 162 cm³/mol. The van der Waals surface area contributed by atoms with Crippen LogP contribution >= 0.6 is 50.1 Å². The average Bonchev–Trinajstić information content (AvgIpc) is 3.28. The maximum atomic E-state index is 13.3. The minimum absolute atomic E-state index is 0.315. The number of rotatable bonds is 6. The Morgan fingerprint density at radius 1 is 0.974 bits per heavy atom. The van der Waals surface area contributed by atoms with Crippen molar-refractivity contribution in [2.45, 2.75) is 0 Å². The first kappa shape index (κ1) is 26.1. The molecule has 5 aromatic rings. The van der Waals surface area contributed by atoms with Crippen molar-refractivity contribution in [3.63, 3.8) is 0 Å². The highest BCUT2D eigenvalue weighted by atomic mass is 127. The molecule has 0 aliphatic rings. The Bertz CT molecular complexity index is 1700. The van der Waals surface area contributed by atoms with Crippen LogP contribution in [-0.4, -0.2) is 23.1 Å². The third-order valence-corrected chi connectivity index (χ3v) is 7.23. The molecule has 5 rings (SSSR count). The fraction of sp³-hybridized carbons (Fsp3) is 0. The Balaban J connectivity index is 1.40. The van der Waals surface area contributed by atoms with E-state index >= 15 is 0 Å². The number of para-hydroxylation sites is 1. The van der Waals surface area contributed by atoms with E-state index in [1.165, 1.54) is 6.21 Å². The molecule has 2 N–H and O–H groups in total. The fourth-order valence-electron chi connectivity index (χ4n) is 3.92. The molecular weight excluding hydrogens is 681 g/mol. The lowest BCUT2D eigenvalue weighted by Crippen LogP contribution is -2.19. The van der Waals surface area contributed by atoms with Crippen molar-refractivity contribution in [3.05, 3.63) is 121 Å². The molecule has 0 aliphatic heterocycles. The Morgan fingerprint density at radius 2 is 1.71 bits per heavy atom. The van der Waals surface area contributed by atoms with Crippen LogP contribution in [0.5, 0.6) is 5.75 Å². The van der Waals surface area contributed by atoms with Gasteiger partial charge in [-0.2, -0.15) is 5.10 Å². The third kappa shape index (κ3) is 5.67. The molecule has 0 bridgehead atoms. The summed E-state index contributed by atoms with van der Waals surface area (Å²) in [6.45, 7) is 0. The maximum absolute atomic E-state index is 13.3. The van der Waals surface area contributed by atoms with E-state index in [1.807, 2.05) is 36.4 Å². The van der Waals surface area contributed by atoms with Gasteiger partial charge in [0.05, 0.1) is 11.8 Å². The van der Waals surface area contributed by atoms with E-state index in [0.29, 0.717) is 33.2 Å². The van der Waals surface area contributed by atoms with Crippen LogP contribution in [0.4, 0.5) is 0 Å². The average molecular weight is 699 g/mol. The number of aromatic nitrogens is 1. The number of carbonyl (C=O) groups excluding carboxylic acids is 2. The Hall–Kier alpha value is -3.47. The highest BCUT2D eigenvalue weighted by Crippen LogP contribution is 2.37. The quantitative estimate of drug-likeness (QED) is 0.0624. The van der Waals surface area contributed by atoms with Gasteiger partial charge in [0.1, 0.15) is 11.4 Å². The number of amides is 1. The summed E-state index contributed by atoms with van der Waals surface area (Å²) in [4.78, 5) is 29.1. The van der Waals surface area contributed by atoms with Gasteiger partial charge >= 0.3 is 5.97 Å². The number of hydrogen-bond donors (Lipinski definition) is 2. The molecule has 38 heavy (non-hydrogen) atoms. The second-order valence-corrected chi connectivity index (χ2v) is 10.7. The number of nitrogens with one attached hydrogen (secondary N) is 2. The Kier molecular flexibility index (Phi) is 7.92. The standard InChI is InChI=1S/C29H18BrClIN3O3/c30-19-11-9-17(10-12-19)29(37)38-25-8-4-1-5-18(25)16-33-35-28(36)27-26(21-6-2-3-7-23(21)31)22-15-20(32)13-14-24(22)34-27/h1-16,34H,(H,35,36). The van der Waals surface area contributed by atoms with Gasteiger partial charge in [0.2, 0.25) is 0 Å². The van der Waals surface area contributed by atoms with Crippen molar-refractivity contribution in [3.8, 4) is 16.9 Å². The summed E-state index contributed by atoms with van der Waals surface area (Å²) in [7, 11) is 0. The molecule has 4 aromatic carbocycles. The third-order valence-electron chi connectivity index (χ3n) is 5.70. The fourth-order valence-corrected chi connectivity index (χ4v) is 4.91. The summed E-state index contributed by atoms with van der Waals surface area (Å²) >= 11 is 12.1. The zero-order valence-corrected chi connectivity index (χ0v) is 24.0. The number of esters is 1. The van der Waals surface area contributed by atoms with Crippen LogP contribution < -0.4 is 10.2 Å². The first-order valence-electron chi connectivity index (χ1n) is 11.4. The molecular formula is C29H18BrClIN3O3. The first-order chi connectivity index (χ1) is 18.4. The van der Waals surface area contributed by atoms with Crippen molar-refractivity contribution in [1.29, 1.82) is 0 Å². The molecule has 0 saturated heterocycles. The molecule has 0 spiro atoms. The van der Waals surface area contributed by atoms with Crippen LogP contribution in [0.25, 0.3) is 22.0 Å². The van der Waals surface area contributed by atoms with Crippen LogP contribution in [0.3, 0.4) is 0 Å². The summed E-state index contributed by atoms with van der Waals surface area (Å²) < 4.78 is 7.47. The predicted octanol–water partition coefficient (Wildman–Crippen LogP) is 7.84. The molecule has 188 valence electrons. The van der Waals surface area contributed by atoms with Crippen molar-refractivity contribution in [2.75, 3.05) is 0 Å². The van der Waals surface area contributed by atoms with E-state index < -0.39 is 11.9 Å². The van der Waals surface area contributed by atoms with Gasteiger partial charge < -0.3 is 9.72 Å². The maximum Gasteiger partial charge on any atom is 0.343 e. The monoisotopic (exact) mass is 697 g/mol. The lowest BCUT2D eigenvalue weighted by molar-refractivity contribution is 0.0734.